The van der Waals surface area contributed by atoms with Crippen LogP contribution in [0.1, 0.15) is 29.2 Å². The van der Waals surface area contributed by atoms with Crippen LogP contribution >= 0.6 is 24.0 Å². The third-order valence-electron chi connectivity index (χ3n) is 5.20. The molecule has 1 N–H and O–H groups in total. The molecule has 1 fully saturated rings. The molecule has 0 saturated carbocycles. The van der Waals surface area contributed by atoms with E-state index in [0.29, 0.717) is 45.8 Å². The molecule has 0 radical (unpaired) electrons. The van der Waals surface area contributed by atoms with Crippen molar-refractivity contribution in [1.82, 2.24) is 9.47 Å². The Morgan fingerprint density at radius 2 is 2.00 bits per heavy atom. The number of hydrogen-bond acceptors (Lipinski definition) is 6. The minimum atomic E-state index is -0.342. The van der Waals surface area contributed by atoms with Gasteiger partial charge in [0.25, 0.3) is 11.5 Å². The van der Waals surface area contributed by atoms with Crippen molar-refractivity contribution in [3.05, 3.63) is 80.5 Å². The smallest absolute Gasteiger partial charge is 0.270 e. The Labute approximate surface area is 197 Å². The predicted octanol–water partition coefficient (Wildman–Crippen LogP) is 4.09. The first-order valence-corrected chi connectivity index (χ1v) is 11.5. The summed E-state index contributed by atoms with van der Waals surface area (Å²) < 4.78 is 2.01. The van der Waals surface area contributed by atoms with Crippen LogP contribution in [-0.2, 0) is 17.8 Å². The van der Waals surface area contributed by atoms with E-state index in [1.54, 1.807) is 23.6 Å². The van der Waals surface area contributed by atoms with Crippen LogP contribution in [0.15, 0.2) is 52.7 Å². The van der Waals surface area contributed by atoms with E-state index in [-0.39, 0.29) is 17.0 Å². The number of nitrogens with one attached hydrogen (secondary N) is 1. The van der Waals surface area contributed by atoms with Gasteiger partial charge in [0.05, 0.1) is 4.91 Å². The Kier molecular flexibility index (Phi) is 7.67. The molecular formula is C24H24N4O2S2. The lowest BCUT2D eigenvalue weighted by Crippen LogP contribution is -2.29. The molecule has 32 heavy (non-hydrogen) atoms. The number of pyridine rings is 1. The fraction of sp³-hybridized carbons (Fsp3) is 0.250. The highest BCUT2D eigenvalue weighted by Gasteiger charge is 2.32. The largest absolute Gasteiger partial charge is 0.371 e. The van der Waals surface area contributed by atoms with E-state index in [9.17, 15) is 14.9 Å². The molecule has 164 valence electrons. The molecule has 2 aromatic rings. The van der Waals surface area contributed by atoms with Gasteiger partial charge in [-0.3, -0.25) is 19.1 Å². The third-order valence-corrected chi connectivity index (χ3v) is 6.58. The number of benzene rings is 1. The SMILES string of the molecule is C=CCN1C(=O)/C(=C\c2c(C)c(C#N)c(=O)n(CC)c2NCCc2ccccc2)SC1=S. The molecule has 1 saturated heterocycles. The zero-order valence-corrected chi connectivity index (χ0v) is 19.7. The van der Waals surface area contributed by atoms with Gasteiger partial charge in [-0.2, -0.15) is 5.26 Å². The number of thioether (sulfide) groups is 1. The second kappa shape index (κ2) is 10.4. The van der Waals surface area contributed by atoms with Crippen molar-refractivity contribution in [3.8, 4) is 6.07 Å². The highest BCUT2D eigenvalue weighted by atomic mass is 32.2. The molecule has 0 spiro atoms. The lowest BCUT2D eigenvalue weighted by Gasteiger charge is -2.19. The van der Waals surface area contributed by atoms with Gasteiger partial charge in [-0.05, 0) is 37.5 Å². The van der Waals surface area contributed by atoms with Gasteiger partial charge in [0.15, 0.2) is 0 Å². The number of nitrogens with zero attached hydrogens (tertiary/aromatic N) is 3. The monoisotopic (exact) mass is 464 g/mol. The van der Waals surface area contributed by atoms with E-state index >= 15 is 0 Å². The van der Waals surface area contributed by atoms with Crippen LogP contribution in [0.4, 0.5) is 5.82 Å². The Morgan fingerprint density at radius 1 is 1.28 bits per heavy atom. The Morgan fingerprint density at radius 3 is 2.62 bits per heavy atom. The van der Waals surface area contributed by atoms with Crippen LogP contribution in [0, 0.1) is 18.3 Å². The summed E-state index contributed by atoms with van der Waals surface area (Å²) in [5.74, 6) is 0.390. The van der Waals surface area contributed by atoms with Crippen molar-refractivity contribution < 1.29 is 4.79 Å². The average Bonchev–Trinajstić information content (AvgIpc) is 3.05. The van der Waals surface area contributed by atoms with E-state index < -0.39 is 0 Å². The van der Waals surface area contributed by atoms with Gasteiger partial charge in [0.2, 0.25) is 0 Å². The van der Waals surface area contributed by atoms with Crippen LogP contribution in [0.2, 0.25) is 0 Å². The Bertz CT molecular complexity index is 1190. The molecule has 0 unspecified atom stereocenters. The van der Waals surface area contributed by atoms with Gasteiger partial charge in [-0.15, -0.1) is 6.58 Å². The lowest BCUT2D eigenvalue weighted by molar-refractivity contribution is -0.121. The molecule has 2 heterocycles. The molecule has 0 atom stereocenters. The molecule has 3 rings (SSSR count). The minimum Gasteiger partial charge on any atom is -0.371 e. The Balaban J connectivity index is 2.06. The van der Waals surface area contributed by atoms with Crippen molar-refractivity contribution in [2.45, 2.75) is 26.8 Å². The first-order valence-electron chi connectivity index (χ1n) is 10.2. The lowest BCUT2D eigenvalue weighted by atomic mass is 10.0. The molecular weight excluding hydrogens is 440 g/mol. The van der Waals surface area contributed by atoms with Crippen molar-refractivity contribution in [2.75, 3.05) is 18.4 Å². The summed E-state index contributed by atoms with van der Waals surface area (Å²) in [6.45, 7) is 8.58. The fourth-order valence-corrected chi connectivity index (χ4v) is 4.80. The van der Waals surface area contributed by atoms with Crippen LogP contribution in [-0.4, -0.2) is 32.8 Å². The molecule has 1 amide bonds. The number of anilines is 1. The average molecular weight is 465 g/mol. The summed E-state index contributed by atoms with van der Waals surface area (Å²) in [5.41, 5.74) is 2.09. The molecule has 0 aliphatic carbocycles. The first-order chi connectivity index (χ1) is 15.4. The van der Waals surface area contributed by atoms with Crippen LogP contribution in [0.3, 0.4) is 0 Å². The summed E-state index contributed by atoms with van der Waals surface area (Å²) in [5, 5.41) is 13.0. The van der Waals surface area contributed by atoms with E-state index in [1.165, 1.54) is 22.2 Å². The van der Waals surface area contributed by atoms with Gasteiger partial charge < -0.3 is 5.32 Å². The van der Waals surface area contributed by atoms with Gasteiger partial charge in [-0.1, -0.05) is 60.4 Å². The number of rotatable bonds is 8. The Hall–Kier alpha value is -3.15. The highest BCUT2D eigenvalue weighted by molar-refractivity contribution is 8.26. The summed E-state index contributed by atoms with van der Waals surface area (Å²) in [6, 6.07) is 12.1. The molecule has 1 aromatic carbocycles. The molecule has 0 bridgehead atoms. The maximum Gasteiger partial charge on any atom is 0.270 e. The number of thiocarbonyl (C=S) groups is 1. The van der Waals surface area contributed by atoms with Crippen molar-refractivity contribution in [1.29, 1.82) is 5.26 Å². The van der Waals surface area contributed by atoms with Crippen LogP contribution < -0.4 is 10.9 Å². The predicted molar refractivity (Wildman–Crippen MR) is 135 cm³/mol. The molecule has 1 aliphatic heterocycles. The molecule has 8 heteroatoms. The van der Waals surface area contributed by atoms with E-state index in [4.69, 9.17) is 12.2 Å². The van der Waals surface area contributed by atoms with E-state index in [1.807, 2.05) is 43.3 Å². The van der Waals surface area contributed by atoms with Crippen molar-refractivity contribution >= 4 is 46.1 Å². The number of carbonyl (C=O) groups excluding carboxylic acids is 1. The zero-order valence-electron chi connectivity index (χ0n) is 18.1. The van der Waals surface area contributed by atoms with E-state index in [0.717, 1.165) is 6.42 Å². The van der Waals surface area contributed by atoms with E-state index in [2.05, 4.69) is 11.9 Å². The first kappa shape index (κ1) is 23.5. The quantitative estimate of drug-likeness (QED) is 0.360. The number of amides is 1. The highest BCUT2D eigenvalue weighted by Crippen LogP contribution is 2.34. The van der Waals surface area contributed by atoms with Gasteiger partial charge in [0, 0.05) is 25.2 Å². The number of nitriles is 1. The standard InChI is InChI=1S/C24H24N4O2S2/c1-4-13-28-23(30)20(32-24(28)31)14-18-16(3)19(15-25)22(29)27(5-2)21(18)26-12-11-17-9-7-6-8-10-17/h4,6-10,14,26H,1,5,11-13H2,2-3H3/b20-14+. The normalized spacial score (nSPS) is 14.7. The van der Waals surface area contributed by atoms with Crippen molar-refractivity contribution in [3.63, 3.8) is 0 Å². The summed E-state index contributed by atoms with van der Waals surface area (Å²) in [6.07, 6.45) is 4.12. The second-order valence-corrected chi connectivity index (χ2v) is 8.84. The number of aromatic nitrogens is 1. The maximum atomic E-state index is 12.9. The summed E-state index contributed by atoms with van der Waals surface area (Å²) in [7, 11) is 0. The van der Waals surface area contributed by atoms with Gasteiger partial charge >= 0.3 is 0 Å². The summed E-state index contributed by atoms with van der Waals surface area (Å²) in [4.78, 5) is 27.7. The minimum absolute atomic E-state index is 0.0771. The van der Waals surface area contributed by atoms with Crippen LogP contribution in [0.5, 0.6) is 0 Å². The molecule has 1 aliphatic rings. The van der Waals surface area contributed by atoms with Gasteiger partial charge in [0.1, 0.15) is 21.8 Å². The number of hydrogen-bond donors (Lipinski definition) is 1. The summed E-state index contributed by atoms with van der Waals surface area (Å²) >= 11 is 6.55. The number of carbonyl (C=O) groups is 1. The molecule has 6 nitrogen and oxygen atoms in total. The van der Waals surface area contributed by atoms with Crippen LogP contribution in [0.25, 0.3) is 6.08 Å². The third kappa shape index (κ3) is 4.69. The fourth-order valence-electron chi connectivity index (χ4n) is 3.54. The topological polar surface area (TPSA) is 78.1 Å². The maximum absolute atomic E-state index is 12.9. The zero-order chi connectivity index (χ0) is 23.3. The molecule has 1 aromatic heterocycles. The van der Waals surface area contributed by atoms with Gasteiger partial charge in [-0.25, -0.2) is 0 Å². The second-order valence-electron chi connectivity index (χ2n) is 7.17. The van der Waals surface area contributed by atoms with Crippen molar-refractivity contribution in [2.24, 2.45) is 0 Å².